The van der Waals surface area contributed by atoms with Gasteiger partial charge in [-0.05, 0) is 12.8 Å². The van der Waals surface area contributed by atoms with Crippen LogP contribution in [0.5, 0.6) is 0 Å². The highest BCUT2D eigenvalue weighted by Gasteiger charge is 2.42. The van der Waals surface area contributed by atoms with Crippen LogP contribution in [0.15, 0.2) is 0 Å². The number of aliphatic carboxylic acids is 1. The second-order valence-corrected chi connectivity index (χ2v) is 5.33. The second kappa shape index (κ2) is 5.60. The number of carbonyl (C=O) groups excluding carboxylic acids is 3. The number of nitrogens with one attached hydrogen (secondary N) is 1. The summed E-state index contributed by atoms with van der Waals surface area (Å²) in [4.78, 5) is 47.0. The summed E-state index contributed by atoms with van der Waals surface area (Å²) in [6, 6.07) is 0. The maximum atomic E-state index is 11.9. The zero-order valence-electron chi connectivity index (χ0n) is 11.2. The van der Waals surface area contributed by atoms with Crippen molar-refractivity contribution < 1.29 is 24.3 Å². The predicted octanol–water partition coefficient (Wildman–Crippen LogP) is 0.0391. The van der Waals surface area contributed by atoms with E-state index in [9.17, 15) is 24.3 Å². The summed E-state index contributed by atoms with van der Waals surface area (Å²) >= 11 is 0. The summed E-state index contributed by atoms with van der Waals surface area (Å²) in [5, 5.41) is 11.8. The quantitative estimate of drug-likeness (QED) is 0.693. The molecule has 7 heteroatoms. The summed E-state index contributed by atoms with van der Waals surface area (Å²) in [6.07, 6.45) is 2.74. The maximum absolute atomic E-state index is 11.9. The molecule has 3 amide bonds. The van der Waals surface area contributed by atoms with Crippen LogP contribution in [0.1, 0.15) is 44.9 Å². The number of imide groups is 1. The molecule has 0 bridgehead atoms. The van der Waals surface area contributed by atoms with Crippen molar-refractivity contribution in [1.29, 1.82) is 0 Å². The molecule has 2 rings (SSSR count). The minimum atomic E-state index is -1.17. The molecule has 1 heterocycles. The average Bonchev–Trinajstić information content (AvgIpc) is 2.97. The number of nitrogens with zero attached hydrogens (tertiary/aromatic N) is 1. The molecule has 0 radical (unpaired) electrons. The Labute approximate surface area is 116 Å². The van der Waals surface area contributed by atoms with E-state index in [4.69, 9.17) is 0 Å². The van der Waals surface area contributed by atoms with Crippen LogP contribution in [0.2, 0.25) is 0 Å². The first-order chi connectivity index (χ1) is 9.44. The summed E-state index contributed by atoms with van der Waals surface area (Å²) in [5.41, 5.74) is -1.17. The van der Waals surface area contributed by atoms with Crippen molar-refractivity contribution in [3.63, 3.8) is 0 Å². The first-order valence-corrected chi connectivity index (χ1v) is 6.82. The van der Waals surface area contributed by atoms with Gasteiger partial charge in [0, 0.05) is 25.8 Å². The fourth-order valence-electron chi connectivity index (χ4n) is 2.79. The summed E-state index contributed by atoms with van der Waals surface area (Å²) in [5.74, 6) is -1.98. The lowest BCUT2D eigenvalue weighted by Gasteiger charge is -2.25. The molecule has 20 heavy (non-hydrogen) atoms. The van der Waals surface area contributed by atoms with Crippen molar-refractivity contribution in [2.75, 3.05) is 6.54 Å². The molecule has 7 nitrogen and oxygen atoms in total. The number of carbonyl (C=O) groups is 4. The SMILES string of the molecule is O=C(CCN1C(=O)CCC1=O)NC1(C(=O)O)CCCC1. The van der Waals surface area contributed by atoms with E-state index in [2.05, 4.69) is 5.32 Å². The van der Waals surface area contributed by atoms with E-state index in [0.29, 0.717) is 12.8 Å². The van der Waals surface area contributed by atoms with E-state index in [1.165, 1.54) is 0 Å². The molecule has 0 aromatic rings. The average molecular weight is 282 g/mol. The van der Waals surface area contributed by atoms with Crippen molar-refractivity contribution in [2.24, 2.45) is 0 Å². The molecule has 0 aromatic heterocycles. The van der Waals surface area contributed by atoms with Gasteiger partial charge in [-0.2, -0.15) is 0 Å². The van der Waals surface area contributed by atoms with Gasteiger partial charge in [-0.15, -0.1) is 0 Å². The minimum absolute atomic E-state index is 0.0270. The maximum Gasteiger partial charge on any atom is 0.329 e. The van der Waals surface area contributed by atoms with Gasteiger partial charge in [0.05, 0.1) is 0 Å². The monoisotopic (exact) mass is 282 g/mol. The van der Waals surface area contributed by atoms with Crippen LogP contribution >= 0.6 is 0 Å². The Morgan fingerprint density at radius 2 is 1.70 bits per heavy atom. The molecule has 1 aliphatic heterocycles. The van der Waals surface area contributed by atoms with Gasteiger partial charge in [0.25, 0.3) is 0 Å². The second-order valence-electron chi connectivity index (χ2n) is 5.33. The van der Waals surface area contributed by atoms with Crippen molar-refractivity contribution in [3.05, 3.63) is 0 Å². The van der Waals surface area contributed by atoms with Crippen LogP contribution in [-0.2, 0) is 19.2 Å². The fraction of sp³-hybridized carbons (Fsp3) is 0.692. The van der Waals surface area contributed by atoms with Crippen LogP contribution < -0.4 is 5.32 Å². The van der Waals surface area contributed by atoms with E-state index in [1.807, 2.05) is 0 Å². The normalized spacial score (nSPS) is 21.3. The minimum Gasteiger partial charge on any atom is -0.480 e. The van der Waals surface area contributed by atoms with E-state index in [-0.39, 0.29) is 37.6 Å². The molecule has 1 aliphatic carbocycles. The smallest absolute Gasteiger partial charge is 0.329 e. The summed E-state index contributed by atoms with van der Waals surface area (Å²) in [6.45, 7) is 0.0270. The van der Waals surface area contributed by atoms with E-state index in [0.717, 1.165) is 17.7 Å². The number of carboxylic acid groups (broad SMARTS) is 1. The van der Waals surface area contributed by atoms with Crippen LogP contribution in [0.3, 0.4) is 0 Å². The highest BCUT2D eigenvalue weighted by molar-refractivity contribution is 6.02. The molecule has 110 valence electrons. The number of hydrogen-bond acceptors (Lipinski definition) is 4. The Kier molecular flexibility index (Phi) is 4.06. The molecule has 1 saturated heterocycles. The standard InChI is InChI=1S/C13H18N2O5/c16-9(5-8-15-10(17)3-4-11(15)18)14-13(12(19)20)6-1-2-7-13/h1-8H2,(H,14,16)(H,19,20). The highest BCUT2D eigenvalue weighted by Crippen LogP contribution is 2.30. The molecule has 1 saturated carbocycles. The lowest BCUT2D eigenvalue weighted by molar-refractivity contribution is -0.148. The highest BCUT2D eigenvalue weighted by atomic mass is 16.4. The van der Waals surface area contributed by atoms with Crippen molar-refractivity contribution in [2.45, 2.75) is 50.5 Å². The molecule has 0 aromatic carbocycles. The molecule has 2 N–H and O–H groups in total. The zero-order chi connectivity index (χ0) is 14.8. The van der Waals surface area contributed by atoms with Crippen LogP contribution in [0, 0.1) is 0 Å². The molecule has 2 aliphatic rings. The summed E-state index contributed by atoms with van der Waals surface area (Å²) < 4.78 is 0. The van der Waals surface area contributed by atoms with E-state index in [1.54, 1.807) is 0 Å². The molecular formula is C13H18N2O5. The largest absolute Gasteiger partial charge is 0.480 e. The van der Waals surface area contributed by atoms with Gasteiger partial charge in [0.15, 0.2) is 0 Å². The van der Waals surface area contributed by atoms with Crippen LogP contribution in [0.25, 0.3) is 0 Å². The first kappa shape index (κ1) is 14.5. The third-order valence-electron chi connectivity index (χ3n) is 3.96. The van der Waals surface area contributed by atoms with Gasteiger partial charge in [0.1, 0.15) is 5.54 Å². The van der Waals surface area contributed by atoms with Gasteiger partial charge in [-0.25, -0.2) is 4.79 Å². The molecule has 2 fully saturated rings. The lowest BCUT2D eigenvalue weighted by atomic mass is 9.97. The number of likely N-dealkylation sites (tertiary alicyclic amines) is 1. The first-order valence-electron chi connectivity index (χ1n) is 6.82. The van der Waals surface area contributed by atoms with Crippen molar-refractivity contribution in [1.82, 2.24) is 10.2 Å². The Balaban J connectivity index is 1.87. The van der Waals surface area contributed by atoms with Crippen molar-refractivity contribution in [3.8, 4) is 0 Å². The molecule has 0 spiro atoms. The Morgan fingerprint density at radius 3 is 2.20 bits per heavy atom. The number of hydrogen-bond donors (Lipinski definition) is 2. The fourth-order valence-corrected chi connectivity index (χ4v) is 2.79. The Bertz CT molecular complexity index is 438. The van der Waals surface area contributed by atoms with Crippen LogP contribution in [-0.4, -0.2) is 45.8 Å². The summed E-state index contributed by atoms with van der Waals surface area (Å²) in [7, 11) is 0. The molecule has 0 atom stereocenters. The number of amides is 3. The van der Waals surface area contributed by atoms with Gasteiger partial charge >= 0.3 is 5.97 Å². The topological polar surface area (TPSA) is 104 Å². The Hall–Kier alpha value is -1.92. The number of carboxylic acids is 1. The van der Waals surface area contributed by atoms with E-state index < -0.39 is 17.4 Å². The third kappa shape index (κ3) is 2.81. The van der Waals surface area contributed by atoms with Crippen molar-refractivity contribution >= 4 is 23.7 Å². The van der Waals surface area contributed by atoms with E-state index >= 15 is 0 Å². The Morgan fingerprint density at radius 1 is 1.15 bits per heavy atom. The molecule has 0 unspecified atom stereocenters. The lowest BCUT2D eigenvalue weighted by Crippen LogP contribution is -2.53. The van der Waals surface area contributed by atoms with Gasteiger partial charge in [-0.1, -0.05) is 12.8 Å². The zero-order valence-corrected chi connectivity index (χ0v) is 11.2. The van der Waals surface area contributed by atoms with Gasteiger partial charge in [-0.3, -0.25) is 19.3 Å². The third-order valence-corrected chi connectivity index (χ3v) is 3.96. The molecular weight excluding hydrogens is 264 g/mol. The number of rotatable bonds is 5. The van der Waals surface area contributed by atoms with Crippen LogP contribution in [0.4, 0.5) is 0 Å². The van der Waals surface area contributed by atoms with Gasteiger partial charge < -0.3 is 10.4 Å². The van der Waals surface area contributed by atoms with Gasteiger partial charge in [0.2, 0.25) is 17.7 Å². The predicted molar refractivity (Wildman–Crippen MR) is 67.5 cm³/mol.